The molecule has 1 heterocycles. The van der Waals surface area contributed by atoms with E-state index in [0.29, 0.717) is 28.7 Å². The first-order valence-corrected chi connectivity index (χ1v) is 11.2. The standard InChI is InChI=1S/C26H25NO7/c1-11-7-17(28)22-16(23(11)29)10-15-13(5-6-14-21(15)26(32)27(2)25(14)31)20(22)12-8-18(33-3)24(30)19(9-12)34-4/h5,7-9,14-15,20-21,30H,6,10H2,1-4H3. The maximum Gasteiger partial charge on any atom is 0.233 e. The van der Waals surface area contributed by atoms with Gasteiger partial charge in [0.05, 0.1) is 26.1 Å². The second-order valence-electron chi connectivity index (χ2n) is 9.24. The number of hydrogen-bond acceptors (Lipinski definition) is 7. The number of ketones is 2. The molecule has 1 aromatic rings. The minimum absolute atomic E-state index is 0.168. The van der Waals surface area contributed by atoms with E-state index >= 15 is 0 Å². The van der Waals surface area contributed by atoms with Gasteiger partial charge in [-0.15, -0.1) is 0 Å². The van der Waals surface area contributed by atoms with Crippen LogP contribution in [-0.4, -0.2) is 54.7 Å². The molecule has 0 spiro atoms. The fourth-order valence-corrected chi connectivity index (χ4v) is 6.00. The Morgan fingerprint density at radius 2 is 1.65 bits per heavy atom. The number of likely N-dealkylation sites (tertiary alicyclic amines) is 1. The Bertz CT molecular complexity index is 1240. The molecule has 4 unspecified atom stereocenters. The number of phenols is 1. The lowest BCUT2D eigenvalue weighted by molar-refractivity contribution is -0.138. The molecular weight excluding hydrogens is 438 g/mol. The number of Topliss-reactive ketones (excluding diaryl/α,β-unsaturated/α-hetero) is 1. The number of allylic oxidation sites excluding steroid dienone is 6. The zero-order valence-corrected chi connectivity index (χ0v) is 19.4. The third-order valence-electron chi connectivity index (χ3n) is 7.62. The lowest BCUT2D eigenvalue weighted by atomic mass is 9.59. The Labute approximate surface area is 196 Å². The van der Waals surface area contributed by atoms with Crippen LogP contribution < -0.4 is 9.47 Å². The van der Waals surface area contributed by atoms with Gasteiger partial charge in [0.2, 0.25) is 17.6 Å². The lowest BCUT2D eigenvalue weighted by Gasteiger charge is -2.42. The molecule has 8 nitrogen and oxygen atoms in total. The molecule has 1 aliphatic heterocycles. The lowest BCUT2D eigenvalue weighted by Crippen LogP contribution is -2.39. The summed E-state index contributed by atoms with van der Waals surface area (Å²) < 4.78 is 10.7. The highest BCUT2D eigenvalue weighted by Crippen LogP contribution is 2.56. The van der Waals surface area contributed by atoms with Crippen molar-refractivity contribution in [3.8, 4) is 17.2 Å². The molecule has 0 aromatic heterocycles. The maximum absolute atomic E-state index is 13.3. The molecule has 1 aromatic carbocycles. The highest BCUT2D eigenvalue weighted by molar-refractivity contribution is 6.23. The zero-order valence-electron chi connectivity index (χ0n) is 19.4. The summed E-state index contributed by atoms with van der Waals surface area (Å²) in [6, 6.07) is 3.25. The molecule has 3 aliphatic carbocycles. The molecule has 0 saturated carbocycles. The van der Waals surface area contributed by atoms with Crippen LogP contribution in [0.25, 0.3) is 0 Å². The molecule has 34 heavy (non-hydrogen) atoms. The minimum Gasteiger partial charge on any atom is -0.502 e. The van der Waals surface area contributed by atoms with Gasteiger partial charge in [0.1, 0.15) is 0 Å². The van der Waals surface area contributed by atoms with E-state index in [1.165, 1.54) is 32.2 Å². The number of rotatable bonds is 3. The quantitative estimate of drug-likeness (QED) is 0.417. The molecule has 0 bridgehead atoms. The highest BCUT2D eigenvalue weighted by Gasteiger charge is 2.55. The minimum atomic E-state index is -0.632. The van der Waals surface area contributed by atoms with Crippen molar-refractivity contribution in [1.29, 1.82) is 0 Å². The number of ether oxygens (including phenoxy) is 2. The number of aromatic hydroxyl groups is 1. The zero-order chi connectivity index (χ0) is 24.5. The number of hydrogen-bond donors (Lipinski definition) is 1. The molecule has 4 aliphatic rings. The summed E-state index contributed by atoms with van der Waals surface area (Å²) in [6.45, 7) is 1.61. The van der Waals surface area contributed by atoms with Gasteiger partial charge in [0.25, 0.3) is 0 Å². The van der Waals surface area contributed by atoms with Crippen LogP contribution in [0.4, 0.5) is 0 Å². The van der Waals surface area contributed by atoms with Crippen molar-refractivity contribution in [2.45, 2.75) is 25.7 Å². The predicted molar refractivity (Wildman–Crippen MR) is 120 cm³/mol. The summed E-state index contributed by atoms with van der Waals surface area (Å²) in [5.41, 5.74) is 2.55. The second kappa shape index (κ2) is 7.68. The van der Waals surface area contributed by atoms with E-state index in [9.17, 15) is 24.3 Å². The molecule has 1 N–H and O–H groups in total. The Morgan fingerprint density at radius 1 is 1.00 bits per heavy atom. The number of carbonyl (C=O) groups excluding carboxylic acids is 4. The van der Waals surface area contributed by atoms with E-state index in [1.54, 1.807) is 19.1 Å². The van der Waals surface area contributed by atoms with Gasteiger partial charge < -0.3 is 14.6 Å². The Kier molecular flexibility index (Phi) is 5.00. The van der Waals surface area contributed by atoms with E-state index in [-0.39, 0.29) is 47.1 Å². The second-order valence-corrected chi connectivity index (χ2v) is 9.24. The van der Waals surface area contributed by atoms with Gasteiger partial charge in [-0.05, 0) is 49.5 Å². The molecule has 1 saturated heterocycles. The van der Waals surface area contributed by atoms with Crippen molar-refractivity contribution in [3.63, 3.8) is 0 Å². The molecule has 2 amide bonds. The summed E-state index contributed by atoms with van der Waals surface area (Å²) in [5, 5.41) is 10.4. The smallest absolute Gasteiger partial charge is 0.233 e. The first-order chi connectivity index (χ1) is 16.2. The SMILES string of the molecule is COc1cc(C2C3=CCC4C(=O)N(C)C(=O)C4C3CC3=C2C(=O)C=C(C)C3=O)cc(OC)c1O. The Hall–Kier alpha value is -3.68. The number of phenolic OH excluding ortho intramolecular Hbond substituents is 1. The van der Waals surface area contributed by atoms with Crippen molar-refractivity contribution in [2.24, 2.45) is 17.8 Å². The van der Waals surface area contributed by atoms with E-state index in [1.807, 2.05) is 6.08 Å². The van der Waals surface area contributed by atoms with Crippen molar-refractivity contribution >= 4 is 23.4 Å². The van der Waals surface area contributed by atoms with Crippen molar-refractivity contribution < 1.29 is 33.8 Å². The van der Waals surface area contributed by atoms with Gasteiger partial charge in [-0.1, -0.05) is 11.6 Å². The number of benzene rings is 1. The van der Waals surface area contributed by atoms with Crippen LogP contribution in [0.5, 0.6) is 17.2 Å². The number of fused-ring (bicyclic) bond motifs is 3. The number of nitrogens with zero attached hydrogens (tertiary/aromatic N) is 1. The van der Waals surface area contributed by atoms with Crippen LogP contribution in [0.1, 0.15) is 31.2 Å². The number of methoxy groups -OCH3 is 2. The number of imide groups is 1. The van der Waals surface area contributed by atoms with E-state index < -0.39 is 23.7 Å². The topological polar surface area (TPSA) is 110 Å². The van der Waals surface area contributed by atoms with Crippen LogP contribution >= 0.6 is 0 Å². The maximum atomic E-state index is 13.3. The monoisotopic (exact) mass is 463 g/mol. The first-order valence-electron chi connectivity index (χ1n) is 11.2. The average Bonchev–Trinajstić information content (AvgIpc) is 3.05. The van der Waals surface area contributed by atoms with Gasteiger partial charge in [0, 0.05) is 29.7 Å². The van der Waals surface area contributed by atoms with Crippen LogP contribution in [0.15, 0.2) is 46.6 Å². The van der Waals surface area contributed by atoms with Crippen LogP contribution in [-0.2, 0) is 19.2 Å². The molecule has 0 radical (unpaired) electrons. The Morgan fingerprint density at radius 3 is 2.26 bits per heavy atom. The van der Waals surface area contributed by atoms with Crippen LogP contribution in [0, 0.1) is 17.8 Å². The fraction of sp³-hybridized carbons (Fsp3) is 0.385. The first kappa shape index (κ1) is 22.1. The molecular formula is C26H25NO7. The van der Waals surface area contributed by atoms with E-state index in [0.717, 1.165) is 5.57 Å². The summed E-state index contributed by atoms with van der Waals surface area (Å²) >= 11 is 0. The third kappa shape index (κ3) is 2.90. The van der Waals surface area contributed by atoms with Gasteiger partial charge in [0.15, 0.2) is 23.1 Å². The predicted octanol–water partition coefficient (Wildman–Crippen LogP) is 2.47. The van der Waals surface area contributed by atoms with Gasteiger partial charge in [-0.25, -0.2) is 0 Å². The summed E-state index contributed by atoms with van der Waals surface area (Å²) in [6.07, 6.45) is 3.91. The van der Waals surface area contributed by atoms with Gasteiger partial charge in [-0.3, -0.25) is 24.1 Å². The van der Waals surface area contributed by atoms with Crippen LogP contribution in [0.2, 0.25) is 0 Å². The molecule has 5 rings (SSSR count). The Balaban J connectivity index is 1.75. The molecule has 4 atom stereocenters. The van der Waals surface area contributed by atoms with Crippen LogP contribution in [0.3, 0.4) is 0 Å². The summed E-state index contributed by atoms with van der Waals surface area (Å²) in [4.78, 5) is 53.4. The summed E-state index contributed by atoms with van der Waals surface area (Å²) in [7, 11) is 4.32. The van der Waals surface area contributed by atoms with Crippen molar-refractivity contribution in [1.82, 2.24) is 4.90 Å². The molecule has 176 valence electrons. The third-order valence-corrected chi connectivity index (χ3v) is 7.62. The fourth-order valence-electron chi connectivity index (χ4n) is 6.00. The van der Waals surface area contributed by atoms with Crippen molar-refractivity contribution in [3.05, 3.63) is 52.1 Å². The highest BCUT2D eigenvalue weighted by atomic mass is 16.5. The molecule has 1 fully saturated rings. The van der Waals surface area contributed by atoms with Crippen molar-refractivity contribution in [2.75, 3.05) is 21.3 Å². The average molecular weight is 463 g/mol. The van der Waals surface area contributed by atoms with Gasteiger partial charge >= 0.3 is 0 Å². The number of amides is 2. The molecule has 8 heteroatoms. The van der Waals surface area contributed by atoms with E-state index in [4.69, 9.17) is 9.47 Å². The summed E-state index contributed by atoms with van der Waals surface area (Å²) in [5.74, 6) is -2.85. The number of carbonyl (C=O) groups is 4. The van der Waals surface area contributed by atoms with E-state index in [2.05, 4.69) is 0 Å². The normalized spacial score (nSPS) is 28.3. The van der Waals surface area contributed by atoms with Gasteiger partial charge in [-0.2, -0.15) is 0 Å². The largest absolute Gasteiger partial charge is 0.502 e.